The van der Waals surface area contributed by atoms with Gasteiger partial charge in [-0.25, -0.2) is 0 Å². The van der Waals surface area contributed by atoms with Crippen LogP contribution in [0.25, 0.3) is 0 Å². The highest BCUT2D eigenvalue weighted by atomic mass is 16.5. The summed E-state index contributed by atoms with van der Waals surface area (Å²) in [6.07, 6.45) is 10.8. The van der Waals surface area contributed by atoms with Crippen LogP contribution in [0.3, 0.4) is 0 Å². The monoisotopic (exact) mass is 398 g/mol. The van der Waals surface area contributed by atoms with Crippen molar-refractivity contribution < 1.29 is 24.2 Å². The van der Waals surface area contributed by atoms with Crippen LogP contribution >= 0.6 is 0 Å². The van der Waals surface area contributed by atoms with Crippen molar-refractivity contribution in [1.29, 1.82) is 0 Å². The molecule has 1 N–H and O–H groups in total. The largest absolute Gasteiger partial charge is 0.458 e. The number of rotatable bonds is 3. The van der Waals surface area contributed by atoms with Crippen molar-refractivity contribution in [3.8, 4) is 0 Å². The molecule has 5 nitrogen and oxygen atoms in total. The number of esters is 1. The second-order valence-corrected chi connectivity index (χ2v) is 9.75. The molecule has 0 radical (unpaired) electrons. The van der Waals surface area contributed by atoms with Gasteiger partial charge in [0.15, 0.2) is 12.4 Å². The maximum atomic E-state index is 13.0. The molecule has 4 aliphatic carbocycles. The topological polar surface area (TPSA) is 80.7 Å². The van der Waals surface area contributed by atoms with Gasteiger partial charge in [0.05, 0.1) is 0 Å². The third-order valence-corrected chi connectivity index (χ3v) is 8.36. The molecule has 0 amide bonds. The molecule has 0 aliphatic heterocycles. The standard InChI is InChI=1S/C24H30O5/c1-14-11-20-18-6-5-16-12-17(26)7-9-22(16,3)19(18)8-10-23(20,4)24(14,28)21(27)13-29-15(2)25/h7-9,12,14,18,20,28H,5-6,10-11,13H2,1-4H3/t14-,18-,20-,22+,23-,24-/m1/s1. The number of ether oxygens (including phenoxy) is 1. The first kappa shape index (κ1) is 20.3. The Morgan fingerprint density at radius 2 is 2.03 bits per heavy atom. The van der Waals surface area contributed by atoms with Crippen LogP contribution in [0.15, 0.2) is 35.5 Å². The molecule has 5 heteroatoms. The lowest BCUT2D eigenvalue weighted by Gasteiger charge is -2.53. The highest BCUT2D eigenvalue weighted by Gasteiger charge is 2.67. The SMILES string of the molecule is CC(=O)OCC(=O)[C@]1(O)[C@H](C)C[C@@H]2[C@@H]3CCC4=CC(=O)C=C[C@]4(C)C3=CC[C@]21C. The zero-order valence-corrected chi connectivity index (χ0v) is 17.7. The van der Waals surface area contributed by atoms with Gasteiger partial charge in [-0.05, 0) is 62.5 Å². The van der Waals surface area contributed by atoms with Gasteiger partial charge in [-0.1, -0.05) is 37.1 Å². The van der Waals surface area contributed by atoms with Crippen LogP contribution in [0.2, 0.25) is 0 Å². The summed E-state index contributed by atoms with van der Waals surface area (Å²) >= 11 is 0. The van der Waals surface area contributed by atoms with Gasteiger partial charge in [0.25, 0.3) is 0 Å². The van der Waals surface area contributed by atoms with Gasteiger partial charge in [0.2, 0.25) is 5.78 Å². The van der Waals surface area contributed by atoms with Crippen molar-refractivity contribution in [2.75, 3.05) is 6.61 Å². The third-order valence-electron chi connectivity index (χ3n) is 8.36. The van der Waals surface area contributed by atoms with E-state index in [4.69, 9.17) is 4.74 Å². The van der Waals surface area contributed by atoms with E-state index in [9.17, 15) is 19.5 Å². The molecule has 2 saturated carbocycles. The first-order valence-corrected chi connectivity index (χ1v) is 10.6. The molecule has 0 bridgehead atoms. The third kappa shape index (κ3) is 2.66. The lowest BCUT2D eigenvalue weighted by molar-refractivity contribution is -0.167. The summed E-state index contributed by atoms with van der Waals surface area (Å²) in [6.45, 7) is 7.03. The number of allylic oxidation sites excluding steroid dienone is 6. The lowest BCUT2D eigenvalue weighted by atomic mass is 9.51. The van der Waals surface area contributed by atoms with E-state index in [-0.39, 0.29) is 35.6 Å². The molecule has 0 heterocycles. The Morgan fingerprint density at radius 3 is 2.72 bits per heavy atom. The van der Waals surface area contributed by atoms with E-state index in [1.165, 1.54) is 18.1 Å². The van der Waals surface area contributed by atoms with Crippen LogP contribution in [0.5, 0.6) is 0 Å². The maximum absolute atomic E-state index is 13.0. The van der Waals surface area contributed by atoms with Crippen LogP contribution in [0.1, 0.15) is 53.4 Å². The zero-order valence-electron chi connectivity index (χ0n) is 17.7. The Balaban J connectivity index is 1.71. The Kier molecular flexibility index (Phi) is 4.54. The van der Waals surface area contributed by atoms with Gasteiger partial charge in [-0.2, -0.15) is 0 Å². The van der Waals surface area contributed by atoms with E-state index < -0.39 is 22.8 Å². The summed E-state index contributed by atoms with van der Waals surface area (Å²) in [4.78, 5) is 36.1. The van der Waals surface area contributed by atoms with Gasteiger partial charge in [0.1, 0.15) is 5.60 Å². The van der Waals surface area contributed by atoms with Gasteiger partial charge in [-0.15, -0.1) is 0 Å². The molecule has 6 atom stereocenters. The van der Waals surface area contributed by atoms with Crippen LogP contribution < -0.4 is 0 Å². The van der Waals surface area contributed by atoms with Crippen LogP contribution in [0, 0.1) is 28.6 Å². The highest BCUT2D eigenvalue weighted by molar-refractivity contribution is 6.01. The van der Waals surface area contributed by atoms with Crippen molar-refractivity contribution in [3.05, 3.63) is 35.5 Å². The molecule has 0 saturated heterocycles. The molecule has 156 valence electrons. The number of carbonyl (C=O) groups excluding carboxylic acids is 3. The predicted molar refractivity (Wildman–Crippen MR) is 108 cm³/mol. The first-order valence-electron chi connectivity index (χ1n) is 10.6. The fraction of sp³-hybridized carbons (Fsp3) is 0.625. The van der Waals surface area contributed by atoms with Gasteiger partial charge in [0, 0.05) is 17.8 Å². The number of carbonyl (C=O) groups is 3. The average molecular weight is 398 g/mol. The minimum atomic E-state index is -1.51. The van der Waals surface area contributed by atoms with Gasteiger partial charge < -0.3 is 9.84 Å². The number of Topliss-reactive ketones (excluding diaryl/α,β-unsaturated/α-hetero) is 1. The summed E-state index contributed by atoms with van der Waals surface area (Å²) in [5.41, 5.74) is 0.145. The van der Waals surface area contributed by atoms with Crippen molar-refractivity contribution in [2.24, 2.45) is 28.6 Å². The van der Waals surface area contributed by atoms with Crippen LogP contribution in [-0.2, 0) is 19.1 Å². The van der Waals surface area contributed by atoms with E-state index in [0.717, 1.165) is 19.3 Å². The Bertz CT molecular complexity index is 880. The van der Waals surface area contributed by atoms with Crippen molar-refractivity contribution in [3.63, 3.8) is 0 Å². The number of ketones is 2. The molecule has 0 spiro atoms. The smallest absolute Gasteiger partial charge is 0.303 e. The van der Waals surface area contributed by atoms with Crippen LogP contribution in [0.4, 0.5) is 0 Å². The molecule has 0 unspecified atom stereocenters. The first-order chi connectivity index (χ1) is 13.5. The fourth-order valence-electron chi connectivity index (χ4n) is 6.74. The molecule has 4 rings (SSSR count). The fourth-order valence-corrected chi connectivity index (χ4v) is 6.74. The van der Waals surface area contributed by atoms with E-state index >= 15 is 0 Å². The summed E-state index contributed by atoms with van der Waals surface area (Å²) in [5.74, 6) is -0.621. The number of fused-ring (bicyclic) bond motifs is 5. The van der Waals surface area contributed by atoms with Crippen molar-refractivity contribution >= 4 is 17.5 Å². The Hall–Kier alpha value is -2.01. The molecular weight excluding hydrogens is 368 g/mol. The number of aliphatic hydroxyl groups is 1. The Morgan fingerprint density at radius 1 is 1.31 bits per heavy atom. The molecule has 0 aromatic rings. The number of hydrogen-bond acceptors (Lipinski definition) is 5. The van der Waals surface area contributed by atoms with E-state index in [0.29, 0.717) is 6.42 Å². The molecule has 0 aromatic carbocycles. The minimum Gasteiger partial charge on any atom is -0.458 e. The summed E-state index contributed by atoms with van der Waals surface area (Å²) in [6, 6.07) is 0. The molecular formula is C24H30O5. The van der Waals surface area contributed by atoms with E-state index in [1.54, 1.807) is 12.2 Å². The van der Waals surface area contributed by atoms with Crippen LogP contribution in [-0.4, -0.2) is 34.9 Å². The quantitative estimate of drug-likeness (QED) is 0.583. The summed E-state index contributed by atoms with van der Waals surface area (Å²) < 4.78 is 4.95. The summed E-state index contributed by atoms with van der Waals surface area (Å²) in [7, 11) is 0. The van der Waals surface area contributed by atoms with E-state index in [1.807, 2.05) is 19.9 Å². The van der Waals surface area contributed by atoms with E-state index in [2.05, 4.69) is 13.0 Å². The average Bonchev–Trinajstić information content (AvgIpc) is 2.88. The lowest BCUT2D eigenvalue weighted by Crippen LogP contribution is -2.57. The zero-order chi connectivity index (χ0) is 21.2. The second kappa shape index (κ2) is 6.49. The predicted octanol–water partition coefficient (Wildman–Crippen LogP) is 3.32. The molecule has 0 aromatic heterocycles. The Labute approximate surface area is 171 Å². The molecule has 4 aliphatic rings. The number of hydrogen-bond donors (Lipinski definition) is 1. The van der Waals surface area contributed by atoms with Crippen molar-refractivity contribution in [1.82, 2.24) is 0 Å². The maximum Gasteiger partial charge on any atom is 0.303 e. The normalized spacial score (nSPS) is 42.9. The van der Waals surface area contributed by atoms with Crippen molar-refractivity contribution in [2.45, 2.75) is 59.0 Å². The van der Waals surface area contributed by atoms with Gasteiger partial charge in [-0.3, -0.25) is 14.4 Å². The molecule has 29 heavy (non-hydrogen) atoms. The summed E-state index contributed by atoms with van der Waals surface area (Å²) in [5, 5.41) is 11.7. The van der Waals surface area contributed by atoms with Gasteiger partial charge >= 0.3 is 5.97 Å². The highest BCUT2D eigenvalue weighted by Crippen LogP contribution is 2.66. The molecule has 2 fully saturated rings. The second-order valence-electron chi connectivity index (χ2n) is 9.75. The minimum absolute atomic E-state index is 0.0529.